The van der Waals surface area contributed by atoms with Crippen molar-refractivity contribution >= 4 is 22.4 Å². The van der Waals surface area contributed by atoms with Crippen molar-refractivity contribution in [1.82, 2.24) is 0 Å². The molecule has 0 fully saturated rings. The first kappa shape index (κ1) is 19.3. The normalized spacial score (nSPS) is 13.9. The summed E-state index contributed by atoms with van der Waals surface area (Å²) in [5, 5.41) is 4.98. The molecular weight excluding hydrogens is 314 g/mol. The zero-order chi connectivity index (χ0) is 18.6. The van der Waals surface area contributed by atoms with Gasteiger partial charge < -0.3 is 14.8 Å². The summed E-state index contributed by atoms with van der Waals surface area (Å²) >= 11 is 0. The van der Waals surface area contributed by atoms with Crippen molar-refractivity contribution in [2.24, 2.45) is 5.92 Å². The second-order valence-corrected chi connectivity index (χ2v) is 7.31. The van der Waals surface area contributed by atoms with Crippen LogP contribution in [0.2, 0.25) is 0 Å². The molecule has 1 amide bonds. The van der Waals surface area contributed by atoms with Crippen molar-refractivity contribution in [3.8, 4) is 5.75 Å². The van der Waals surface area contributed by atoms with Crippen LogP contribution in [0.5, 0.6) is 5.75 Å². The van der Waals surface area contributed by atoms with E-state index in [9.17, 15) is 4.79 Å². The number of amides is 1. The highest BCUT2D eigenvalue weighted by Gasteiger charge is 2.34. The van der Waals surface area contributed by atoms with Gasteiger partial charge in [-0.2, -0.15) is 0 Å². The maximum Gasteiger partial charge on any atom is 0.256 e. The van der Waals surface area contributed by atoms with E-state index in [4.69, 9.17) is 9.47 Å². The van der Waals surface area contributed by atoms with E-state index in [0.29, 0.717) is 12.3 Å². The molecule has 0 aromatic heterocycles. The Bertz CT molecular complexity index is 739. The van der Waals surface area contributed by atoms with Crippen LogP contribution in [0.1, 0.15) is 41.0 Å². The van der Waals surface area contributed by atoms with E-state index >= 15 is 0 Å². The van der Waals surface area contributed by atoms with Crippen LogP contribution >= 0.6 is 0 Å². The molecule has 4 heteroatoms. The smallest absolute Gasteiger partial charge is 0.256 e. The predicted octanol–water partition coefficient (Wildman–Crippen LogP) is 5.02. The van der Waals surface area contributed by atoms with Crippen LogP contribution in [-0.4, -0.2) is 24.7 Å². The van der Waals surface area contributed by atoms with Gasteiger partial charge in [0.1, 0.15) is 11.4 Å². The molecule has 0 heterocycles. The lowest BCUT2D eigenvalue weighted by molar-refractivity contribution is -0.137. The number of hydrogen-bond acceptors (Lipinski definition) is 3. The molecule has 0 radical (unpaired) electrons. The zero-order valence-corrected chi connectivity index (χ0v) is 16.1. The standard InChI is InChI=1S/C21H29NO3/c1-14(2)13-21(5,24-6)20(23)22-18-11-12-19(25-15(3)4)17-10-8-7-9-16(17)18/h7-12,14-15H,13H2,1-6H3,(H,22,23). The summed E-state index contributed by atoms with van der Waals surface area (Å²) in [4.78, 5) is 12.8. The number of rotatable bonds is 7. The monoisotopic (exact) mass is 343 g/mol. The molecule has 0 spiro atoms. The fraction of sp³-hybridized carbons (Fsp3) is 0.476. The molecule has 0 bridgehead atoms. The molecule has 0 aliphatic heterocycles. The molecule has 2 rings (SSSR count). The van der Waals surface area contributed by atoms with Crippen molar-refractivity contribution in [2.75, 3.05) is 12.4 Å². The summed E-state index contributed by atoms with van der Waals surface area (Å²) in [6, 6.07) is 11.7. The van der Waals surface area contributed by atoms with Gasteiger partial charge in [0.25, 0.3) is 5.91 Å². The van der Waals surface area contributed by atoms with E-state index in [-0.39, 0.29) is 12.0 Å². The summed E-state index contributed by atoms with van der Waals surface area (Å²) < 4.78 is 11.4. The topological polar surface area (TPSA) is 47.6 Å². The molecular formula is C21H29NO3. The van der Waals surface area contributed by atoms with Gasteiger partial charge in [-0.1, -0.05) is 38.1 Å². The van der Waals surface area contributed by atoms with Gasteiger partial charge in [0.2, 0.25) is 0 Å². The Morgan fingerprint density at radius 2 is 1.72 bits per heavy atom. The SMILES string of the molecule is COC(C)(CC(C)C)C(=O)Nc1ccc(OC(C)C)c2ccccc12. The molecule has 2 aromatic carbocycles. The molecule has 0 saturated carbocycles. The third-order valence-corrected chi connectivity index (χ3v) is 4.22. The minimum absolute atomic E-state index is 0.0895. The lowest BCUT2D eigenvalue weighted by Crippen LogP contribution is -2.43. The first-order valence-electron chi connectivity index (χ1n) is 8.82. The molecule has 2 aromatic rings. The molecule has 0 aliphatic carbocycles. The van der Waals surface area contributed by atoms with Gasteiger partial charge in [-0.05, 0) is 45.2 Å². The lowest BCUT2D eigenvalue weighted by atomic mass is 9.93. The van der Waals surface area contributed by atoms with Crippen LogP contribution in [0.15, 0.2) is 36.4 Å². The van der Waals surface area contributed by atoms with Gasteiger partial charge in [-0.25, -0.2) is 0 Å². The summed E-state index contributed by atoms with van der Waals surface area (Å²) in [7, 11) is 1.58. The van der Waals surface area contributed by atoms with Crippen LogP contribution in [-0.2, 0) is 9.53 Å². The molecule has 0 saturated heterocycles. The Labute approximate surface area is 150 Å². The number of benzene rings is 2. The van der Waals surface area contributed by atoms with Crippen LogP contribution < -0.4 is 10.1 Å². The van der Waals surface area contributed by atoms with Gasteiger partial charge in [0, 0.05) is 23.6 Å². The molecule has 25 heavy (non-hydrogen) atoms. The summed E-state index contributed by atoms with van der Waals surface area (Å²) in [6.07, 6.45) is 0.744. The zero-order valence-electron chi connectivity index (χ0n) is 16.1. The van der Waals surface area contributed by atoms with Gasteiger partial charge in [0.15, 0.2) is 0 Å². The first-order valence-corrected chi connectivity index (χ1v) is 8.82. The summed E-state index contributed by atoms with van der Waals surface area (Å²) in [5.74, 6) is 1.04. The van der Waals surface area contributed by atoms with Crippen molar-refractivity contribution in [3.05, 3.63) is 36.4 Å². The van der Waals surface area contributed by atoms with E-state index in [0.717, 1.165) is 22.2 Å². The highest BCUT2D eigenvalue weighted by atomic mass is 16.5. The number of anilines is 1. The molecule has 1 N–H and O–H groups in total. The highest BCUT2D eigenvalue weighted by Crippen LogP contribution is 2.33. The third kappa shape index (κ3) is 4.51. The molecule has 0 aliphatic rings. The van der Waals surface area contributed by atoms with Gasteiger partial charge >= 0.3 is 0 Å². The van der Waals surface area contributed by atoms with Crippen LogP contribution in [0, 0.1) is 5.92 Å². The highest BCUT2D eigenvalue weighted by molar-refractivity contribution is 6.06. The Morgan fingerprint density at radius 3 is 2.28 bits per heavy atom. The quantitative estimate of drug-likeness (QED) is 0.768. The Kier molecular flexibility index (Phi) is 6.07. The minimum Gasteiger partial charge on any atom is -0.490 e. The number of nitrogens with one attached hydrogen (secondary N) is 1. The molecule has 136 valence electrons. The van der Waals surface area contributed by atoms with Crippen LogP contribution in [0.3, 0.4) is 0 Å². The number of hydrogen-bond donors (Lipinski definition) is 1. The fourth-order valence-corrected chi connectivity index (χ4v) is 3.04. The van der Waals surface area contributed by atoms with Crippen molar-refractivity contribution in [3.63, 3.8) is 0 Å². The Hall–Kier alpha value is -2.07. The number of ether oxygens (including phenoxy) is 2. The number of carbonyl (C=O) groups is 1. The van der Waals surface area contributed by atoms with E-state index in [1.54, 1.807) is 7.11 Å². The van der Waals surface area contributed by atoms with Gasteiger partial charge in [-0.15, -0.1) is 0 Å². The average molecular weight is 343 g/mol. The van der Waals surface area contributed by atoms with E-state index in [1.807, 2.05) is 57.2 Å². The summed E-state index contributed by atoms with van der Waals surface area (Å²) in [6.45, 7) is 10.00. The average Bonchev–Trinajstić information content (AvgIpc) is 2.55. The molecule has 4 nitrogen and oxygen atoms in total. The predicted molar refractivity (Wildman–Crippen MR) is 103 cm³/mol. The summed E-state index contributed by atoms with van der Waals surface area (Å²) in [5.41, 5.74) is -0.0914. The van der Waals surface area contributed by atoms with Gasteiger partial charge in [-0.3, -0.25) is 4.79 Å². The minimum atomic E-state index is -0.859. The Morgan fingerprint density at radius 1 is 1.08 bits per heavy atom. The second kappa shape index (κ2) is 7.87. The lowest BCUT2D eigenvalue weighted by Gasteiger charge is -2.29. The number of carbonyl (C=O) groups excluding carboxylic acids is 1. The molecule has 1 unspecified atom stereocenters. The third-order valence-electron chi connectivity index (χ3n) is 4.22. The number of fused-ring (bicyclic) bond motifs is 1. The first-order chi connectivity index (χ1) is 11.8. The van der Waals surface area contributed by atoms with Crippen LogP contribution in [0.25, 0.3) is 10.8 Å². The number of methoxy groups -OCH3 is 1. The van der Waals surface area contributed by atoms with Crippen molar-refractivity contribution in [1.29, 1.82) is 0 Å². The van der Waals surface area contributed by atoms with E-state index in [1.165, 1.54) is 0 Å². The van der Waals surface area contributed by atoms with Gasteiger partial charge in [0.05, 0.1) is 6.10 Å². The largest absolute Gasteiger partial charge is 0.490 e. The van der Waals surface area contributed by atoms with E-state index in [2.05, 4.69) is 19.2 Å². The fourth-order valence-electron chi connectivity index (χ4n) is 3.04. The maximum atomic E-state index is 12.8. The second-order valence-electron chi connectivity index (χ2n) is 7.31. The Balaban J connectivity index is 2.37. The van der Waals surface area contributed by atoms with Crippen LogP contribution in [0.4, 0.5) is 5.69 Å². The van der Waals surface area contributed by atoms with E-state index < -0.39 is 5.60 Å². The maximum absolute atomic E-state index is 12.8. The molecule has 1 atom stereocenters. The van der Waals surface area contributed by atoms with Crippen molar-refractivity contribution in [2.45, 2.75) is 52.7 Å². The van der Waals surface area contributed by atoms with Crippen molar-refractivity contribution < 1.29 is 14.3 Å².